The highest BCUT2D eigenvalue weighted by atomic mass is 19.2. The molecule has 1 aromatic carbocycles. The van der Waals surface area contributed by atoms with Crippen LogP contribution in [0.2, 0.25) is 0 Å². The molecule has 0 aliphatic heterocycles. The van der Waals surface area contributed by atoms with E-state index in [0.29, 0.717) is 5.95 Å². The maximum Gasteiger partial charge on any atom is 0.207 e. The fraction of sp³-hybridized carbons (Fsp3) is 0.250. The number of nitrogens with one attached hydrogen (secondary N) is 1. The number of aromatic nitrogens is 2. The van der Waals surface area contributed by atoms with E-state index in [1.54, 1.807) is 6.20 Å². The smallest absolute Gasteiger partial charge is 0.207 e. The lowest BCUT2D eigenvalue weighted by Crippen LogP contribution is -2.14. The van der Waals surface area contributed by atoms with Gasteiger partial charge in [0.15, 0.2) is 11.6 Å². The molecule has 1 N–H and O–H groups in total. The first kappa shape index (κ1) is 11.6. The predicted molar refractivity (Wildman–Crippen MR) is 62.2 cm³/mol. The van der Waals surface area contributed by atoms with Crippen LogP contribution in [0.15, 0.2) is 30.6 Å². The molecule has 0 bridgehead atoms. The van der Waals surface area contributed by atoms with Gasteiger partial charge in [0.2, 0.25) is 5.95 Å². The van der Waals surface area contributed by atoms with Gasteiger partial charge in [-0.3, -0.25) is 4.57 Å². The van der Waals surface area contributed by atoms with E-state index in [2.05, 4.69) is 10.3 Å². The zero-order chi connectivity index (χ0) is 12.4. The van der Waals surface area contributed by atoms with Gasteiger partial charge < -0.3 is 5.32 Å². The van der Waals surface area contributed by atoms with Gasteiger partial charge in [-0.2, -0.15) is 0 Å². The van der Waals surface area contributed by atoms with E-state index in [1.165, 1.54) is 22.9 Å². The van der Waals surface area contributed by atoms with E-state index in [1.807, 2.05) is 13.8 Å². The number of hydrogen-bond donors (Lipinski definition) is 1. The highest BCUT2D eigenvalue weighted by Crippen LogP contribution is 2.20. The van der Waals surface area contributed by atoms with Crippen molar-refractivity contribution < 1.29 is 8.78 Å². The first-order valence-corrected chi connectivity index (χ1v) is 5.34. The summed E-state index contributed by atoms with van der Waals surface area (Å²) in [6, 6.07) is 4.22. The Hall–Kier alpha value is -1.91. The third-order valence-corrected chi connectivity index (χ3v) is 2.25. The number of halogens is 2. The van der Waals surface area contributed by atoms with Crippen LogP contribution in [-0.4, -0.2) is 15.6 Å². The average Bonchev–Trinajstić information content (AvgIpc) is 2.69. The molecule has 0 saturated carbocycles. The molecular formula is C12H13F2N3. The van der Waals surface area contributed by atoms with Crippen LogP contribution in [0.3, 0.4) is 0 Å². The van der Waals surface area contributed by atoms with Gasteiger partial charge in [-0.25, -0.2) is 13.8 Å². The molecule has 0 saturated heterocycles. The summed E-state index contributed by atoms with van der Waals surface area (Å²) in [6.45, 7) is 3.89. The minimum atomic E-state index is -0.877. The van der Waals surface area contributed by atoms with E-state index in [9.17, 15) is 8.78 Å². The first-order valence-electron chi connectivity index (χ1n) is 5.34. The lowest BCUT2D eigenvalue weighted by atomic mass is 10.3. The van der Waals surface area contributed by atoms with Gasteiger partial charge in [0.05, 0.1) is 5.69 Å². The summed E-state index contributed by atoms with van der Waals surface area (Å²) in [4.78, 5) is 4.07. The summed E-state index contributed by atoms with van der Waals surface area (Å²) in [5.74, 6) is -1.26. The maximum absolute atomic E-state index is 13.6. The Labute approximate surface area is 98.1 Å². The van der Waals surface area contributed by atoms with Crippen molar-refractivity contribution in [2.75, 3.05) is 5.32 Å². The standard InChI is InChI=1S/C12H13F2N3/c1-8(2)16-12-15-6-7-17(12)10-5-3-4-9(13)11(10)14/h3-8H,1-2H3,(H,15,16). The normalized spacial score (nSPS) is 10.9. The van der Waals surface area contributed by atoms with E-state index in [4.69, 9.17) is 0 Å². The lowest BCUT2D eigenvalue weighted by Gasteiger charge is -2.12. The molecule has 0 aliphatic rings. The Bertz CT molecular complexity index is 520. The van der Waals surface area contributed by atoms with Crippen molar-refractivity contribution in [1.29, 1.82) is 0 Å². The first-order chi connectivity index (χ1) is 8.09. The molecule has 5 heteroatoms. The second-order valence-electron chi connectivity index (χ2n) is 3.99. The van der Waals surface area contributed by atoms with Gasteiger partial charge in [0.25, 0.3) is 0 Å². The average molecular weight is 237 g/mol. The Morgan fingerprint density at radius 1 is 1.29 bits per heavy atom. The number of benzene rings is 1. The molecule has 1 heterocycles. The second kappa shape index (κ2) is 4.53. The van der Waals surface area contributed by atoms with E-state index in [0.717, 1.165) is 6.07 Å². The highest BCUT2D eigenvalue weighted by Gasteiger charge is 2.12. The molecule has 17 heavy (non-hydrogen) atoms. The van der Waals surface area contributed by atoms with Crippen LogP contribution in [0, 0.1) is 11.6 Å². The van der Waals surface area contributed by atoms with E-state index in [-0.39, 0.29) is 11.7 Å². The molecule has 0 aliphatic carbocycles. The molecule has 0 unspecified atom stereocenters. The van der Waals surface area contributed by atoms with Crippen molar-refractivity contribution in [2.24, 2.45) is 0 Å². The summed E-state index contributed by atoms with van der Waals surface area (Å²) >= 11 is 0. The Morgan fingerprint density at radius 2 is 2.06 bits per heavy atom. The summed E-state index contributed by atoms with van der Waals surface area (Å²) in [5, 5.41) is 3.06. The zero-order valence-corrected chi connectivity index (χ0v) is 9.61. The highest BCUT2D eigenvalue weighted by molar-refractivity contribution is 5.43. The number of imidazole rings is 1. The van der Waals surface area contributed by atoms with Crippen molar-refractivity contribution in [3.63, 3.8) is 0 Å². The summed E-state index contributed by atoms with van der Waals surface area (Å²) in [7, 11) is 0. The fourth-order valence-corrected chi connectivity index (χ4v) is 1.54. The van der Waals surface area contributed by atoms with Crippen LogP contribution in [-0.2, 0) is 0 Å². The minimum absolute atomic E-state index is 0.144. The van der Waals surface area contributed by atoms with Gasteiger partial charge in [0, 0.05) is 18.4 Å². The van der Waals surface area contributed by atoms with Gasteiger partial charge in [-0.1, -0.05) is 6.07 Å². The third-order valence-electron chi connectivity index (χ3n) is 2.25. The molecule has 0 radical (unpaired) electrons. The van der Waals surface area contributed by atoms with Crippen LogP contribution < -0.4 is 5.32 Å². The molecule has 2 rings (SSSR count). The number of hydrogen-bond acceptors (Lipinski definition) is 2. The number of anilines is 1. The molecule has 1 aromatic heterocycles. The molecule has 0 fully saturated rings. The van der Waals surface area contributed by atoms with E-state index >= 15 is 0 Å². The van der Waals surface area contributed by atoms with Crippen molar-refractivity contribution in [1.82, 2.24) is 9.55 Å². The van der Waals surface area contributed by atoms with Crippen molar-refractivity contribution in [3.05, 3.63) is 42.2 Å². The molecule has 2 aromatic rings. The summed E-state index contributed by atoms with van der Waals surface area (Å²) in [6.07, 6.45) is 3.12. The zero-order valence-electron chi connectivity index (χ0n) is 9.61. The van der Waals surface area contributed by atoms with Crippen molar-refractivity contribution >= 4 is 5.95 Å². The SMILES string of the molecule is CC(C)Nc1nccn1-c1cccc(F)c1F. The lowest BCUT2D eigenvalue weighted by molar-refractivity contribution is 0.504. The molecule has 0 spiro atoms. The quantitative estimate of drug-likeness (QED) is 0.889. The summed E-state index contributed by atoms with van der Waals surface area (Å²) in [5.41, 5.74) is 0.144. The monoisotopic (exact) mass is 237 g/mol. The van der Waals surface area contributed by atoms with Crippen LogP contribution in [0.4, 0.5) is 14.7 Å². The van der Waals surface area contributed by atoms with Gasteiger partial charge in [-0.05, 0) is 26.0 Å². The number of rotatable bonds is 3. The van der Waals surface area contributed by atoms with Crippen LogP contribution in [0.25, 0.3) is 5.69 Å². The molecule has 90 valence electrons. The Kier molecular flexibility index (Phi) is 3.08. The van der Waals surface area contributed by atoms with Crippen LogP contribution in [0.1, 0.15) is 13.8 Å². The Balaban J connectivity index is 2.46. The Morgan fingerprint density at radius 3 is 2.76 bits per heavy atom. The van der Waals surface area contributed by atoms with Gasteiger partial charge in [-0.15, -0.1) is 0 Å². The minimum Gasteiger partial charge on any atom is -0.353 e. The van der Waals surface area contributed by atoms with E-state index < -0.39 is 11.6 Å². The molecule has 0 amide bonds. The van der Waals surface area contributed by atoms with Crippen LogP contribution >= 0.6 is 0 Å². The second-order valence-corrected chi connectivity index (χ2v) is 3.99. The van der Waals surface area contributed by atoms with Crippen LogP contribution in [0.5, 0.6) is 0 Å². The van der Waals surface area contributed by atoms with Crippen molar-refractivity contribution in [2.45, 2.75) is 19.9 Å². The molecular weight excluding hydrogens is 224 g/mol. The van der Waals surface area contributed by atoms with Gasteiger partial charge >= 0.3 is 0 Å². The van der Waals surface area contributed by atoms with Gasteiger partial charge in [0.1, 0.15) is 0 Å². The predicted octanol–water partition coefficient (Wildman–Crippen LogP) is 2.97. The topological polar surface area (TPSA) is 29.9 Å². The fourth-order valence-electron chi connectivity index (χ4n) is 1.54. The summed E-state index contributed by atoms with van der Waals surface area (Å²) < 4.78 is 28.3. The third kappa shape index (κ3) is 2.27. The molecule has 3 nitrogen and oxygen atoms in total. The largest absolute Gasteiger partial charge is 0.353 e. The number of nitrogens with zero attached hydrogens (tertiary/aromatic N) is 2. The maximum atomic E-state index is 13.6. The molecule has 0 atom stereocenters. The van der Waals surface area contributed by atoms with Crippen molar-refractivity contribution in [3.8, 4) is 5.69 Å².